The van der Waals surface area contributed by atoms with Crippen molar-refractivity contribution in [3.63, 3.8) is 0 Å². The van der Waals surface area contributed by atoms with Crippen LogP contribution in [0.15, 0.2) is 33.9 Å². The maximum Gasteiger partial charge on any atom is 0.364 e. The van der Waals surface area contributed by atoms with Crippen LogP contribution in [0.5, 0.6) is 0 Å². The Bertz CT molecular complexity index is 1560. The van der Waals surface area contributed by atoms with E-state index in [1.165, 1.54) is 0 Å². The molecule has 0 radical (unpaired) electrons. The largest absolute Gasteiger partial charge is 0.477 e. The second-order valence-corrected chi connectivity index (χ2v) is 12.5. The van der Waals surface area contributed by atoms with Crippen LogP contribution in [0.3, 0.4) is 0 Å². The van der Waals surface area contributed by atoms with Gasteiger partial charge in [0, 0.05) is 37.6 Å². The lowest BCUT2D eigenvalue weighted by molar-refractivity contribution is -0.312. The summed E-state index contributed by atoms with van der Waals surface area (Å²) in [6.07, 6.45) is -8.05. The van der Waals surface area contributed by atoms with Gasteiger partial charge in [0.1, 0.15) is 30.2 Å². The SMILES string of the molecule is NCCOCCNc1c(NCCOCCOCCO[C@]2(C(=O)O)C[C@H](O)[C@@H](NC(=O)CO)[C@H]([C@H](O)[C@H](O)CNC(=O)Cc3ccc(Cl)cc3)O2)c(=O)c1=O. The van der Waals surface area contributed by atoms with Crippen LogP contribution in [0.4, 0.5) is 11.4 Å². The van der Waals surface area contributed by atoms with Crippen molar-refractivity contribution < 1.29 is 63.6 Å². The van der Waals surface area contributed by atoms with E-state index < -0.39 is 84.5 Å². The second-order valence-electron chi connectivity index (χ2n) is 12.1. The lowest BCUT2D eigenvalue weighted by atomic mass is 9.88. The zero-order valence-electron chi connectivity index (χ0n) is 29.4. The van der Waals surface area contributed by atoms with Gasteiger partial charge in [-0.1, -0.05) is 23.7 Å². The van der Waals surface area contributed by atoms with E-state index in [2.05, 4.69) is 21.3 Å². The zero-order chi connectivity index (χ0) is 39.7. The van der Waals surface area contributed by atoms with Gasteiger partial charge in [-0.3, -0.25) is 19.2 Å². The Kier molecular flexibility index (Phi) is 18.6. The summed E-state index contributed by atoms with van der Waals surface area (Å²) in [5, 5.41) is 62.9. The van der Waals surface area contributed by atoms with Gasteiger partial charge in [-0.25, -0.2) is 4.79 Å². The summed E-state index contributed by atoms with van der Waals surface area (Å²) in [5.74, 6) is -5.75. The fourth-order valence-corrected chi connectivity index (χ4v) is 5.48. The Morgan fingerprint density at radius 3 is 2.06 bits per heavy atom. The maximum absolute atomic E-state index is 12.4. The molecule has 0 unspecified atom stereocenters. The molecule has 3 rings (SSSR count). The smallest absolute Gasteiger partial charge is 0.364 e. The molecule has 1 aliphatic rings. The van der Waals surface area contributed by atoms with Gasteiger partial charge in [-0.05, 0) is 17.7 Å². The molecule has 0 bridgehead atoms. The quantitative estimate of drug-likeness (QED) is 0.0324. The van der Waals surface area contributed by atoms with Crippen LogP contribution in [-0.2, 0) is 44.5 Å². The topological polar surface area (TPSA) is 307 Å². The first-order valence-corrected chi connectivity index (χ1v) is 17.5. The molecule has 6 atom stereocenters. The molecule has 2 aromatic rings. The minimum Gasteiger partial charge on any atom is -0.477 e. The predicted molar refractivity (Wildman–Crippen MR) is 191 cm³/mol. The number of aliphatic hydroxyl groups is 4. The number of ether oxygens (including phenoxy) is 5. The van der Waals surface area contributed by atoms with Crippen molar-refractivity contribution in [2.75, 3.05) is 89.7 Å². The molecule has 1 aliphatic heterocycles. The van der Waals surface area contributed by atoms with Gasteiger partial charge in [0.05, 0.1) is 70.9 Å². The molecule has 1 saturated heterocycles. The monoisotopic (exact) mass is 789 g/mol. The summed E-state index contributed by atoms with van der Waals surface area (Å²) in [5.41, 5.74) is 5.02. The van der Waals surface area contributed by atoms with Crippen molar-refractivity contribution >= 4 is 40.8 Å². The van der Waals surface area contributed by atoms with E-state index >= 15 is 0 Å². The van der Waals surface area contributed by atoms with E-state index in [0.717, 1.165) is 0 Å². The number of benzene rings is 1. The molecule has 2 aromatic carbocycles. The van der Waals surface area contributed by atoms with Crippen LogP contribution < -0.4 is 37.9 Å². The molecule has 2 amide bonds. The Hall–Kier alpha value is -3.80. The highest BCUT2D eigenvalue weighted by Crippen LogP contribution is 2.33. The number of halogens is 1. The molecule has 1 fully saturated rings. The number of nitrogens with two attached hydrogens (primary N) is 1. The van der Waals surface area contributed by atoms with Crippen LogP contribution in [0.2, 0.25) is 5.02 Å². The van der Waals surface area contributed by atoms with Crippen LogP contribution in [-0.4, -0.2) is 159 Å². The Morgan fingerprint density at radius 1 is 0.907 bits per heavy atom. The number of amides is 2. The number of carboxylic acids is 1. The number of carbonyl (C=O) groups is 3. The third-order valence-electron chi connectivity index (χ3n) is 8.09. The average molecular weight is 790 g/mol. The van der Waals surface area contributed by atoms with Crippen LogP contribution >= 0.6 is 11.6 Å². The summed E-state index contributed by atoms with van der Waals surface area (Å²) >= 11 is 5.86. The molecule has 302 valence electrons. The second kappa shape index (κ2) is 22.5. The van der Waals surface area contributed by atoms with E-state index in [-0.39, 0.29) is 57.4 Å². The number of hydrogen-bond donors (Lipinski definition) is 10. The first-order chi connectivity index (χ1) is 25.8. The minimum absolute atomic E-state index is 0.0508. The first-order valence-electron chi connectivity index (χ1n) is 17.1. The number of carboxylic acid groups (broad SMARTS) is 1. The van der Waals surface area contributed by atoms with Gasteiger partial charge >= 0.3 is 5.97 Å². The first kappa shape index (κ1) is 44.6. The fourth-order valence-electron chi connectivity index (χ4n) is 5.35. The number of carbonyl (C=O) groups excluding carboxylic acids is 2. The molecular formula is C33H48ClN5O15. The molecule has 11 N–H and O–H groups in total. The van der Waals surface area contributed by atoms with E-state index in [1.54, 1.807) is 24.3 Å². The van der Waals surface area contributed by atoms with Crippen molar-refractivity contribution in [1.29, 1.82) is 0 Å². The van der Waals surface area contributed by atoms with E-state index in [4.69, 9.17) is 41.0 Å². The van der Waals surface area contributed by atoms with Crippen molar-refractivity contribution in [3.05, 3.63) is 55.3 Å². The number of rotatable bonds is 26. The predicted octanol–water partition coefficient (Wildman–Crippen LogP) is -3.73. The molecule has 54 heavy (non-hydrogen) atoms. The number of hydrogen-bond acceptors (Lipinski definition) is 17. The molecule has 0 spiro atoms. The molecule has 0 saturated carbocycles. The lowest BCUT2D eigenvalue weighted by Gasteiger charge is -2.46. The summed E-state index contributed by atoms with van der Waals surface area (Å²) < 4.78 is 27.2. The molecular weight excluding hydrogens is 742 g/mol. The Balaban J connectivity index is 1.46. The number of nitrogens with one attached hydrogen (secondary N) is 4. The zero-order valence-corrected chi connectivity index (χ0v) is 30.1. The Morgan fingerprint density at radius 2 is 1.48 bits per heavy atom. The van der Waals surface area contributed by atoms with Crippen LogP contribution in [0.25, 0.3) is 0 Å². The van der Waals surface area contributed by atoms with E-state index in [0.29, 0.717) is 36.9 Å². The minimum atomic E-state index is -2.56. The number of anilines is 2. The standard InChI is InChI=1S/C33H48ClN5O15/c34-20-3-1-19(2-4-20)15-23(43)38-17-22(42)28(45)31-25(39-24(44)18-40)21(41)16-33(54-31,32(48)49)53-14-13-52-12-11-51-10-7-37-27-26(29(46)30(27)47)36-6-9-50-8-5-35/h1-4,21-22,25,28,31,36-37,40-42,45H,5-18,35H2,(H,38,43)(H,39,44)(H,48,49)/t21-,22+,25+,28+,31+,33+/m0/s1. The highest BCUT2D eigenvalue weighted by atomic mass is 35.5. The van der Waals surface area contributed by atoms with Gasteiger partial charge in [-0.2, -0.15) is 0 Å². The van der Waals surface area contributed by atoms with Gasteiger partial charge in [0.2, 0.25) is 11.8 Å². The van der Waals surface area contributed by atoms with Gasteiger partial charge < -0.3 is 76.2 Å². The van der Waals surface area contributed by atoms with Crippen LogP contribution in [0.1, 0.15) is 12.0 Å². The van der Waals surface area contributed by atoms with Gasteiger partial charge in [0.25, 0.3) is 16.6 Å². The van der Waals surface area contributed by atoms with E-state index in [1.807, 2.05) is 0 Å². The van der Waals surface area contributed by atoms with Crippen molar-refractivity contribution in [1.82, 2.24) is 10.6 Å². The highest BCUT2D eigenvalue weighted by molar-refractivity contribution is 6.30. The molecule has 20 nitrogen and oxygen atoms in total. The van der Waals surface area contributed by atoms with E-state index in [9.17, 15) is 49.5 Å². The average Bonchev–Trinajstić information content (AvgIpc) is 3.15. The molecule has 21 heteroatoms. The molecule has 1 heterocycles. The van der Waals surface area contributed by atoms with Crippen molar-refractivity contribution in [3.8, 4) is 0 Å². The highest BCUT2D eigenvalue weighted by Gasteiger charge is 2.55. The fraction of sp³-hybridized carbons (Fsp3) is 0.606. The Labute approximate surface area is 314 Å². The summed E-state index contributed by atoms with van der Waals surface area (Å²) in [6.45, 7) is -0.170. The third kappa shape index (κ3) is 13.2. The van der Waals surface area contributed by atoms with Gasteiger partial charge in [0.15, 0.2) is 0 Å². The summed E-state index contributed by atoms with van der Waals surface area (Å²) in [6, 6.07) is 4.95. The maximum atomic E-state index is 12.4. The number of aliphatic hydroxyl groups excluding tert-OH is 4. The van der Waals surface area contributed by atoms with Crippen molar-refractivity contribution in [2.45, 2.75) is 49.1 Å². The summed E-state index contributed by atoms with van der Waals surface area (Å²) in [7, 11) is 0. The molecule has 0 aliphatic carbocycles. The van der Waals surface area contributed by atoms with Crippen LogP contribution in [0, 0.1) is 0 Å². The number of aliphatic carboxylic acids is 1. The van der Waals surface area contributed by atoms with Crippen molar-refractivity contribution in [2.24, 2.45) is 5.73 Å². The summed E-state index contributed by atoms with van der Waals surface area (Å²) in [4.78, 5) is 60.6. The normalized spacial score (nSPS) is 21.0. The third-order valence-corrected chi connectivity index (χ3v) is 8.34. The van der Waals surface area contributed by atoms with Gasteiger partial charge in [-0.15, -0.1) is 0 Å². The lowest BCUT2D eigenvalue weighted by Crippen LogP contribution is -2.68. The molecule has 0 aromatic heterocycles.